The molecule has 1 atom stereocenters. The number of nitrogens with zero attached hydrogens (tertiary/aromatic N) is 1. The summed E-state index contributed by atoms with van der Waals surface area (Å²) in [6, 6.07) is 7.59. The Balaban J connectivity index is 1.46. The Kier molecular flexibility index (Phi) is 5.65. The van der Waals surface area contributed by atoms with E-state index in [-0.39, 0.29) is 5.82 Å². The van der Waals surface area contributed by atoms with E-state index >= 15 is 0 Å². The highest BCUT2D eigenvalue weighted by Crippen LogP contribution is 2.31. The molecule has 4 heteroatoms. The molecule has 1 aromatic carbocycles. The van der Waals surface area contributed by atoms with Gasteiger partial charge in [0.2, 0.25) is 5.91 Å². The molecule has 23 heavy (non-hydrogen) atoms. The van der Waals surface area contributed by atoms with Gasteiger partial charge in [0, 0.05) is 25.0 Å². The maximum Gasteiger partial charge on any atom is 0.223 e. The molecule has 126 valence electrons. The zero-order valence-electron chi connectivity index (χ0n) is 13.8. The minimum atomic E-state index is -0.186. The molecule has 1 N–H and O–H groups in total. The van der Waals surface area contributed by atoms with Crippen LogP contribution in [0.3, 0.4) is 0 Å². The van der Waals surface area contributed by atoms with Crippen molar-refractivity contribution in [2.75, 3.05) is 6.54 Å². The SMILES string of the molecule is O=C1CC[C@H](CCNCc2cccc(F)c2)N1C1CCCCC1. The van der Waals surface area contributed by atoms with Gasteiger partial charge in [-0.15, -0.1) is 0 Å². The molecule has 0 aromatic heterocycles. The van der Waals surface area contributed by atoms with Crippen LogP contribution in [0.2, 0.25) is 0 Å². The monoisotopic (exact) mass is 318 g/mol. The maximum absolute atomic E-state index is 13.2. The van der Waals surface area contributed by atoms with Crippen LogP contribution in [-0.2, 0) is 11.3 Å². The topological polar surface area (TPSA) is 32.3 Å². The molecule has 0 radical (unpaired) electrons. The number of halogens is 1. The summed E-state index contributed by atoms with van der Waals surface area (Å²) in [5, 5.41) is 3.39. The molecule has 3 nitrogen and oxygen atoms in total. The summed E-state index contributed by atoms with van der Waals surface area (Å²) in [7, 11) is 0. The highest BCUT2D eigenvalue weighted by Gasteiger charge is 2.35. The first-order valence-corrected chi connectivity index (χ1v) is 9.00. The molecule has 1 aromatic rings. The van der Waals surface area contributed by atoms with Gasteiger partial charge >= 0.3 is 0 Å². The second-order valence-electron chi connectivity index (χ2n) is 6.88. The fraction of sp³-hybridized carbons (Fsp3) is 0.632. The van der Waals surface area contributed by atoms with Crippen molar-refractivity contribution in [3.05, 3.63) is 35.6 Å². The second kappa shape index (κ2) is 7.91. The first kappa shape index (κ1) is 16.4. The fourth-order valence-electron chi connectivity index (χ4n) is 4.05. The highest BCUT2D eigenvalue weighted by molar-refractivity contribution is 5.79. The van der Waals surface area contributed by atoms with E-state index in [0.29, 0.717) is 31.0 Å². The molecule has 1 saturated carbocycles. The Labute approximate surface area is 138 Å². The highest BCUT2D eigenvalue weighted by atomic mass is 19.1. The van der Waals surface area contributed by atoms with Crippen molar-refractivity contribution in [1.82, 2.24) is 10.2 Å². The van der Waals surface area contributed by atoms with Crippen LogP contribution in [0, 0.1) is 5.82 Å². The first-order valence-electron chi connectivity index (χ1n) is 9.00. The van der Waals surface area contributed by atoms with Crippen molar-refractivity contribution < 1.29 is 9.18 Å². The molecule has 1 aliphatic carbocycles. The van der Waals surface area contributed by atoms with Crippen LogP contribution < -0.4 is 5.32 Å². The van der Waals surface area contributed by atoms with E-state index in [2.05, 4.69) is 10.2 Å². The van der Waals surface area contributed by atoms with Crippen LogP contribution in [-0.4, -0.2) is 29.4 Å². The van der Waals surface area contributed by atoms with Gasteiger partial charge in [0.05, 0.1) is 0 Å². The lowest BCUT2D eigenvalue weighted by atomic mass is 9.93. The summed E-state index contributed by atoms with van der Waals surface area (Å²) in [6.07, 6.45) is 8.91. The zero-order valence-corrected chi connectivity index (χ0v) is 13.8. The van der Waals surface area contributed by atoms with Crippen molar-refractivity contribution >= 4 is 5.91 Å². The summed E-state index contributed by atoms with van der Waals surface area (Å²) in [4.78, 5) is 14.4. The number of likely N-dealkylation sites (tertiary alicyclic amines) is 1. The van der Waals surface area contributed by atoms with Crippen molar-refractivity contribution in [1.29, 1.82) is 0 Å². The van der Waals surface area contributed by atoms with Crippen LogP contribution in [0.1, 0.15) is 56.9 Å². The number of hydrogen-bond donors (Lipinski definition) is 1. The molecular weight excluding hydrogens is 291 g/mol. The molecule has 1 aliphatic heterocycles. The zero-order chi connectivity index (χ0) is 16.1. The second-order valence-corrected chi connectivity index (χ2v) is 6.88. The molecule has 0 spiro atoms. The number of carbonyl (C=O) groups excluding carboxylic acids is 1. The summed E-state index contributed by atoms with van der Waals surface area (Å²) in [5.41, 5.74) is 0.969. The lowest BCUT2D eigenvalue weighted by Crippen LogP contribution is -2.43. The van der Waals surface area contributed by atoms with Crippen molar-refractivity contribution in [2.24, 2.45) is 0 Å². The van der Waals surface area contributed by atoms with Crippen molar-refractivity contribution in [2.45, 2.75) is 70.0 Å². The average Bonchev–Trinajstić information content (AvgIpc) is 2.93. The molecule has 1 amide bonds. The third-order valence-electron chi connectivity index (χ3n) is 5.21. The van der Waals surface area contributed by atoms with E-state index < -0.39 is 0 Å². The maximum atomic E-state index is 13.2. The quantitative estimate of drug-likeness (QED) is 0.812. The Bertz CT molecular complexity index is 528. The van der Waals surface area contributed by atoms with E-state index in [9.17, 15) is 9.18 Å². The molecule has 1 heterocycles. The van der Waals surface area contributed by atoms with Gasteiger partial charge in [0.25, 0.3) is 0 Å². The minimum Gasteiger partial charge on any atom is -0.337 e. The number of carbonyl (C=O) groups is 1. The molecular formula is C19H27FN2O. The van der Waals surface area contributed by atoms with Gasteiger partial charge in [-0.1, -0.05) is 31.4 Å². The number of nitrogens with one attached hydrogen (secondary N) is 1. The normalized spacial score (nSPS) is 22.7. The molecule has 0 unspecified atom stereocenters. The summed E-state index contributed by atoms with van der Waals surface area (Å²) in [6.45, 7) is 1.56. The largest absolute Gasteiger partial charge is 0.337 e. The van der Waals surface area contributed by atoms with Crippen molar-refractivity contribution in [3.63, 3.8) is 0 Å². The summed E-state index contributed by atoms with van der Waals surface area (Å²) in [5.74, 6) is 0.168. The van der Waals surface area contributed by atoms with Gasteiger partial charge in [-0.25, -0.2) is 4.39 Å². The van der Waals surface area contributed by atoms with Crippen LogP contribution in [0.25, 0.3) is 0 Å². The first-order chi connectivity index (χ1) is 11.2. The van der Waals surface area contributed by atoms with Gasteiger partial charge in [0.1, 0.15) is 5.82 Å². The van der Waals surface area contributed by atoms with Gasteiger partial charge < -0.3 is 10.2 Å². The molecule has 2 fully saturated rings. The molecule has 1 saturated heterocycles. The fourth-order valence-corrected chi connectivity index (χ4v) is 4.05. The third-order valence-corrected chi connectivity index (χ3v) is 5.21. The number of rotatable bonds is 6. The van der Waals surface area contributed by atoms with E-state index in [1.165, 1.54) is 38.2 Å². The molecule has 2 aliphatic rings. The van der Waals surface area contributed by atoms with Crippen LogP contribution in [0.15, 0.2) is 24.3 Å². The van der Waals surface area contributed by atoms with E-state index in [1.807, 2.05) is 6.07 Å². The summed E-state index contributed by atoms with van der Waals surface area (Å²) < 4.78 is 13.2. The lowest BCUT2D eigenvalue weighted by molar-refractivity contribution is -0.132. The Hall–Kier alpha value is -1.42. The Morgan fingerprint density at radius 1 is 1.17 bits per heavy atom. The number of amides is 1. The third kappa shape index (κ3) is 4.31. The van der Waals surface area contributed by atoms with Crippen molar-refractivity contribution in [3.8, 4) is 0 Å². The smallest absolute Gasteiger partial charge is 0.223 e. The number of benzene rings is 1. The van der Waals surface area contributed by atoms with Crippen LogP contribution in [0.4, 0.5) is 4.39 Å². The predicted molar refractivity (Wildman–Crippen MR) is 89.5 cm³/mol. The Morgan fingerprint density at radius 3 is 2.78 bits per heavy atom. The summed E-state index contributed by atoms with van der Waals surface area (Å²) >= 11 is 0. The minimum absolute atomic E-state index is 0.186. The predicted octanol–water partition coefficient (Wildman–Crippen LogP) is 3.63. The number of hydrogen-bond acceptors (Lipinski definition) is 2. The van der Waals surface area contributed by atoms with E-state index in [0.717, 1.165) is 24.9 Å². The van der Waals surface area contributed by atoms with Gasteiger partial charge in [0.15, 0.2) is 0 Å². The average molecular weight is 318 g/mol. The standard InChI is InChI=1S/C19H27FN2O/c20-16-6-4-5-15(13-16)14-21-12-11-18-9-10-19(23)22(18)17-7-2-1-3-8-17/h4-6,13,17-18,21H,1-3,7-12,14H2/t18-/m1/s1. The van der Waals surface area contributed by atoms with Gasteiger partial charge in [-0.2, -0.15) is 0 Å². The lowest BCUT2D eigenvalue weighted by Gasteiger charge is -2.36. The molecule has 3 rings (SSSR count). The van der Waals surface area contributed by atoms with Crippen LogP contribution in [0.5, 0.6) is 0 Å². The Morgan fingerprint density at radius 2 is 2.00 bits per heavy atom. The van der Waals surface area contributed by atoms with Crippen LogP contribution >= 0.6 is 0 Å². The van der Waals surface area contributed by atoms with E-state index in [4.69, 9.17) is 0 Å². The van der Waals surface area contributed by atoms with Gasteiger partial charge in [-0.3, -0.25) is 4.79 Å². The molecule has 0 bridgehead atoms. The van der Waals surface area contributed by atoms with E-state index in [1.54, 1.807) is 12.1 Å². The van der Waals surface area contributed by atoms with Gasteiger partial charge in [-0.05, 0) is 49.9 Å².